The van der Waals surface area contributed by atoms with Crippen LogP contribution in [0.5, 0.6) is 0 Å². The molecule has 2 aliphatic heterocycles. The Balaban J connectivity index is 1.60. The lowest BCUT2D eigenvalue weighted by Gasteiger charge is -2.66. The molecule has 0 aromatic heterocycles. The van der Waals surface area contributed by atoms with Crippen molar-refractivity contribution in [2.24, 2.45) is 22.7 Å². The van der Waals surface area contributed by atoms with Gasteiger partial charge in [0.15, 0.2) is 8.32 Å². The molecule has 10 heteroatoms. The van der Waals surface area contributed by atoms with Gasteiger partial charge in [-0.1, -0.05) is 40.5 Å². The fourth-order valence-electron chi connectivity index (χ4n) is 7.83. The summed E-state index contributed by atoms with van der Waals surface area (Å²) in [6.07, 6.45) is 0.473. The van der Waals surface area contributed by atoms with Crippen LogP contribution in [0.15, 0.2) is 39.4 Å². The van der Waals surface area contributed by atoms with Crippen LogP contribution in [0.4, 0.5) is 0 Å². The van der Waals surface area contributed by atoms with Crippen molar-refractivity contribution in [3.8, 4) is 0 Å². The quantitative estimate of drug-likeness (QED) is 0.272. The van der Waals surface area contributed by atoms with Gasteiger partial charge in [0.2, 0.25) is 5.79 Å². The first-order valence-corrected chi connectivity index (χ1v) is 17.8. The van der Waals surface area contributed by atoms with Gasteiger partial charge in [-0.3, -0.25) is 0 Å². The normalized spacial score (nSPS) is 45.5. The molecule has 7 unspecified atom stereocenters. The number of halogens is 1. The Kier molecular flexibility index (Phi) is 4.92. The molecule has 0 amide bonds. The van der Waals surface area contributed by atoms with E-state index >= 15 is 0 Å². The number of hydrogen-bond acceptors (Lipinski definition) is 7. The topological polar surface area (TPSA) is 83.6 Å². The Morgan fingerprint density at radius 2 is 1.83 bits per heavy atom. The number of aryl methyl sites for hydroxylation is 1. The molecule has 7 rings (SSSR count). The molecule has 4 fully saturated rings. The van der Waals surface area contributed by atoms with Crippen molar-refractivity contribution in [2.75, 3.05) is 13.7 Å². The molecule has 0 radical (unpaired) electrons. The van der Waals surface area contributed by atoms with Gasteiger partial charge in [0.05, 0.1) is 23.5 Å². The largest absolute Gasteiger partial charge is 0.408 e. The first-order chi connectivity index (χ1) is 16.2. The number of benzene rings is 1. The van der Waals surface area contributed by atoms with E-state index in [0.29, 0.717) is 16.8 Å². The minimum atomic E-state index is -4.10. The molecular weight excluding hydrogens is 552 g/mol. The Hall–Kier alpha value is -0.753. The second-order valence-corrected chi connectivity index (χ2v) is 18.7. The zero-order valence-corrected chi connectivity index (χ0v) is 24.6. The summed E-state index contributed by atoms with van der Waals surface area (Å²) in [5, 5.41) is 0. The molecule has 2 saturated carbocycles. The van der Waals surface area contributed by atoms with Crippen LogP contribution in [-0.2, 0) is 32.9 Å². The highest BCUT2D eigenvalue weighted by atomic mass is 79.9. The lowest BCUT2D eigenvalue weighted by Crippen LogP contribution is -2.77. The molecule has 192 valence electrons. The van der Waals surface area contributed by atoms with Crippen molar-refractivity contribution in [1.29, 1.82) is 0 Å². The Bertz CT molecular complexity index is 1240. The van der Waals surface area contributed by atoms with Crippen molar-refractivity contribution in [1.82, 2.24) is 0 Å². The molecule has 4 aliphatic carbocycles. The first kappa shape index (κ1) is 24.6. The van der Waals surface area contributed by atoms with Crippen molar-refractivity contribution in [3.63, 3.8) is 0 Å². The van der Waals surface area contributed by atoms with Gasteiger partial charge in [0.1, 0.15) is 22.4 Å². The minimum absolute atomic E-state index is 0.0777. The van der Waals surface area contributed by atoms with Crippen LogP contribution in [0.2, 0.25) is 19.6 Å². The molecule has 2 spiro atoms. The standard InChI is InChI=1S/C25H33BrO7SSi/c1-14-8-10-16(11-9-14)34(27,28)32-20-19(26)23-15(2)12-18-24(23,31-18)17-13-30-25(29-4,22(17,20)3)21(23)33-35(5,6)7/h8-11,15,17-18,21H,12-13H2,1-7H3/t15-,17?,18?,21?,22?,23?,24?,25?/m1/s1. The number of hydrogen-bond donors (Lipinski definition) is 0. The van der Waals surface area contributed by atoms with Crippen molar-refractivity contribution in [3.05, 3.63) is 40.1 Å². The number of rotatable bonds is 6. The molecule has 6 aliphatic rings. The molecule has 35 heavy (non-hydrogen) atoms. The van der Waals surface area contributed by atoms with E-state index in [2.05, 4.69) is 42.5 Å². The highest BCUT2D eigenvalue weighted by Crippen LogP contribution is 2.86. The Morgan fingerprint density at radius 1 is 1.17 bits per heavy atom. The van der Waals surface area contributed by atoms with Gasteiger partial charge in [-0.25, -0.2) is 0 Å². The maximum absolute atomic E-state index is 13.6. The van der Waals surface area contributed by atoms with E-state index in [0.717, 1.165) is 12.0 Å². The number of methoxy groups -OCH3 is 1. The summed E-state index contributed by atoms with van der Waals surface area (Å²) in [7, 11) is -4.58. The fourth-order valence-corrected chi connectivity index (χ4v) is 11.4. The second-order valence-electron chi connectivity index (χ2n) is 11.9. The van der Waals surface area contributed by atoms with Crippen molar-refractivity contribution in [2.45, 2.75) is 75.3 Å². The lowest BCUT2D eigenvalue weighted by molar-refractivity contribution is -0.333. The third kappa shape index (κ3) is 2.62. The fraction of sp³-hybridized carbons (Fsp3) is 0.680. The maximum Gasteiger partial charge on any atom is 0.338 e. The molecule has 4 bridgehead atoms. The van der Waals surface area contributed by atoms with Gasteiger partial charge >= 0.3 is 10.1 Å². The van der Waals surface area contributed by atoms with Crippen LogP contribution >= 0.6 is 15.9 Å². The second kappa shape index (κ2) is 7.01. The first-order valence-electron chi connectivity index (χ1n) is 12.2. The Labute approximate surface area is 216 Å². The highest BCUT2D eigenvalue weighted by Gasteiger charge is 2.96. The number of ether oxygens (including phenoxy) is 3. The maximum atomic E-state index is 13.6. The highest BCUT2D eigenvalue weighted by molar-refractivity contribution is 9.11. The summed E-state index contributed by atoms with van der Waals surface area (Å²) in [5.74, 6) is -0.836. The summed E-state index contributed by atoms with van der Waals surface area (Å²) >= 11 is 3.90. The Morgan fingerprint density at radius 3 is 2.43 bits per heavy atom. The van der Waals surface area contributed by atoms with Crippen molar-refractivity contribution < 1.29 is 31.2 Å². The van der Waals surface area contributed by atoms with Crippen LogP contribution in [-0.4, -0.2) is 54.0 Å². The van der Waals surface area contributed by atoms with Crippen molar-refractivity contribution >= 4 is 34.4 Å². The molecule has 2 heterocycles. The van der Waals surface area contributed by atoms with Gasteiger partial charge in [-0.2, -0.15) is 8.42 Å². The summed E-state index contributed by atoms with van der Waals surface area (Å²) in [6.45, 7) is 12.9. The summed E-state index contributed by atoms with van der Waals surface area (Å²) in [6, 6.07) is 6.69. The predicted octanol–water partition coefficient (Wildman–Crippen LogP) is 4.71. The lowest BCUT2D eigenvalue weighted by atomic mass is 9.44. The third-order valence-corrected chi connectivity index (χ3v) is 12.4. The zero-order valence-electron chi connectivity index (χ0n) is 21.2. The van der Waals surface area contributed by atoms with Gasteiger partial charge in [0, 0.05) is 17.5 Å². The minimum Gasteiger partial charge on any atom is -0.408 e. The average Bonchev–Trinajstić information content (AvgIpc) is 3.29. The molecule has 8 atom stereocenters. The van der Waals surface area contributed by atoms with Crippen LogP contribution < -0.4 is 0 Å². The van der Waals surface area contributed by atoms with Crippen LogP contribution in [0.1, 0.15) is 25.8 Å². The molecule has 2 saturated heterocycles. The van der Waals surface area contributed by atoms with E-state index < -0.39 is 46.8 Å². The van der Waals surface area contributed by atoms with E-state index in [1.54, 1.807) is 31.4 Å². The smallest absolute Gasteiger partial charge is 0.338 e. The van der Waals surface area contributed by atoms with Crippen LogP contribution in [0.3, 0.4) is 0 Å². The van der Waals surface area contributed by atoms with Gasteiger partial charge in [-0.15, -0.1) is 0 Å². The van der Waals surface area contributed by atoms with E-state index in [1.807, 2.05) is 13.8 Å². The monoisotopic (exact) mass is 584 g/mol. The van der Waals surface area contributed by atoms with Gasteiger partial charge in [-0.05, 0) is 58.0 Å². The molecule has 0 N–H and O–H groups in total. The van der Waals surface area contributed by atoms with E-state index in [9.17, 15) is 8.42 Å². The van der Waals surface area contributed by atoms with Crippen LogP contribution in [0.25, 0.3) is 0 Å². The molecule has 1 aromatic carbocycles. The molecule has 7 nitrogen and oxygen atoms in total. The summed E-state index contributed by atoms with van der Waals surface area (Å²) in [5.41, 5.74) is -1.14. The summed E-state index contributed by atoms with van der Waals surface area (Å²) < 4.78 is 60.3. The predicted molar refractivity (Wildman–Crippen MR) is 135 cm³/mol. The zero-order chi connectivity index (χ0) is 25.4. The van der Waals surface area contributed by atoms with E-state index in [-0.39, 0.29) is 22.8 Å². The van der Waals surface area contributed by atoms with E-state index in [4.69, 9.17) is 22.8 Å². The summed E-state index contributed by atoms with van der Waals surface area (Å²) in [4.78, 5) is 0.114. The average molecular weight is 586 g/mol. The molecule has 1 aromatic rings. The van der Waals surface area contributed by atoms with Gasteiger partial charge < -0.3 is 22.8 Å². The van der Waals surface area contributed by atoms with Gasteiger partial charge in [0.25, 0.3) is 0 Å². The number of epoxide rings is 1. The third-order valence-electron chi connectivity index (χ3n) is 9.22. The SMILES string of the molecule is COC12OCC3C1(C)C(OS(=O)(=O)c1ccc(C)cc1)=C(Br)C1(C2O[Si](C)(C)C)[C@H](C)CC2OC231. The molecular formula is C25H33BrO7SSi. The van der Waals surface area contributed by atoms with E-state index in [1.165, 1.54) is 0 Å². The van der Waals surface area contributed by atoms with Crippen LogP contribution in [0, 0.1) is 29.6 Å².